The van der Waals surface area contributed by atoms with Crippen LogP contribution in [-0.2, 0) is 4.74 Å². The van der Waals surface area contributed by atoms with E-state index in [0.29, 0.717) is 29.5 Å². The van der Waals surface area contributed by atoms with Gasteiger partial charge < -0.3 is 19.7 Å². The van der Waals surface area contributed by atoms with Crippen LogP contribution in [0.2, 0.25) is 0 Å². The van der Waals surface area contributed by atoms with Crippen molar-refractivity contribution in [2.24, 2.45) is 0 Å². The summed E-state index contributed by atoms with van der Waals surface area (Å²) in [6.45, 7) is 8.62. The maximum Gasteiger partial charge on any atom is 0.223 e. The number of fused-ring (bicyclic) bond motifs is 1. The van der Waals surface area contributed by atoms with Crippen LogP contribution in [0, 0.1) is 19.7 Å². The standard InChI is InChI=1S/C23H27FN4O3/c1-12(2)28-14(4)13(3)22(30)16-6-5-15(9-19(16)28)21-17(24)10-25-23(27-21)26-18-7-8-31-11-20(18)29/h5-6,9-10,12,18,20,29H,7-8,11H2,1-4H3,(H,25,26,27)/t18-,20-/m1/s1. The summed E-state index contributed by atoms with van der Waals surface area (Å²) in [6, 6.07) is 5.11. The van der Waals surface area contributed by atoms with Gasteiger partial charge in [0.1, 0.15) is 5.69 Å². The molecule has 1 aromatic carbocycles. The van der Waals surface area contributed by atoms with Crippen molar-refractivity contribution in [3.05, 3.63) is 51.7 Å². The number of pyridine rings is 1. The van der Waals surface area contributed by atoms with Gasteiger partial charge >= 0.3 is 0 Å². The Morgan fingerprint density at radius 2 is 2.10 bits per heavy atom. The van der Waals surface area contributed by atoms with Gasteiger partial charge in [-0.05, 0) is 46.2 Å². The molecule has 164 valence electrons. The fraction of sp³-hybridized carbons (Fsp3) is 0.435. The van der Waals surface area contributed by atoms with Crippen molar-refractivity contribution in [1.82, 2.24) is 14.5 Å². The van der Waals surface area contributed by atoms with E-state index < -0.39 is 11.9 Å². The van der Waals surface area contributed by atoms with Gasteiger partial charge in [0.15, 0.2) is 11.2 Å². The monoisotopic (exact) mass is 426 g/mol. The fourth-order valence-electron chi connectivity index (χ4n) is 4.16. The Hall–Kier alpha value is -2.84. The lowest BCUT2D eigenvalue weighted by atomic mass is 10.0. The number of hydrogen-bond acceptors (Lipinski definition) is 6. The first-order valence-electron chi connectivity index (χ1n) is 10.5. The summed E-state index contributed by atoms with van der Waals surface area (Å²) < 4.78 is 22.0. The molecule has 0 unspecified atom stereocenters. The summed E-state index contributed by atoms with van der Waals surface area (Å²) in [4.78, 5) is 21.2. The second-order valence-electron chi connectivity index (χ2n) is 8.31. The molecule has 0 amide bonds. The number of nitrogens with zero attached hydrogens (tertiary/aromatic N) is 3. The third-order valence-corrected chi connectivity index (χ3v) is 5.92. The topological polar surface area (TPSA) is 89.3 Å². The molecule has 1 fully saturated rings. The maximum absolute atomic E-state index is 14.7. The van der Waals surface area contributed by atoms with E-state index in [4.69, 9.17) is 4.74 Å². The Balaban J connectivity index is 1.80. The molecule has 0 bridgehead atoms. The SMILES string of the molecule is Cc1c(C)n(C(C)C)c2cc(-c3nc(N[C@@H]4CCOC[C@H]4O)ncc3F)ccc2c1=O. The first-order chi connectivity index (χ1) is 14.8. The molecule has 1 aliphatic heterocycles. The van der Waals surface area contributed by atoms with Gasteiger partial charge in [0, 0.05) is 34.9 Å². The van der Waals surface area contributed by atoms with Crippen molar-refractivity contribution in [2.75, 3.05) is 18.5 Å². The van der Waals surface area contributed by atoms with Crippen molar-refractivity contribution in [1.29, 1.82) is 0 Å². The first-order valence-corrected chi connectivity index (χ1v) is 10.5. The van der Waals surface area contributed by atoms with Crippen LogP contribution < -0.4 is 10.7 Å². The number of halogens is 1. The van der Waals surface area contributed by atoms with E-state index >= 15 is 0 Å². The molecule has 3 aromatic rings. The van der Waals surface area contributed by atoms with Gasteiger partial charge in [-0.3, -0.25) is 4.79 Å². The van der Waals surface area contributed by atoms with Crippen molar-refractivity contribution >= 4 is 16.9 Å². The van der Waals surface area contributed by atoms with E-state index in [0.717, 1.165) is 17.4 Å². The highest BCUT2D eigenvalue weighted by Gasteiger charge is 2.25. The molecule has 8 heteroatoms. The third-order valence-electron chi connectivity index (χ3n) is 5.92. The fourth-order valence-corrected chi connectivity index (χ4v) is 4.16. The molecule has 2 aromatic heterocycles. The second-order valence-corrected chi connectivity index (χ2v) is 8.31. The lowest BCUT2D eigenvalue weighted by Gasteiger charge is -2.28. The van der Waals surface area contributed by atoms with Crippen LogP contribution in [0.25, 0.3) is 22.2 Å². The summed E-state index contributed by atoms with van der Waals surface area (Å²) in [5, 5.41) is 13.8. The zero-order chi connectivity index (χ0) is 22.3. The third kappa shape index (κ3) is 3.93. The summed E-state index contributed by atoms with van der Waals surface area (Å²) in [5.41, 5.74) is 3.03. The summed E-state index contributed by atoms with van der Waals surface area (Å²) in [7, 11) is 0. The number of aromatic nitrogens is 3. The largest absolute Gasteiger partial charge is 0.389 e. The number of anilines is 1. The Morgan fingerprint density at radius 1 is 1.32 bits per heavy atom. The minimum absolute atomic E-state index is 0.0185. The number of aliphatic hydroxyl groups is 1. The maximum atomic E-state index is 14.7. The molecular weight excluding hydrogens is 399 g/mol. The molecule has 4 rings (SSSR count). The Bertz CT molecular complexity index is 1190. The van der Waals surface area contributed by atoms with Gasteiger partial charge in [-0.2, -0.15) is 0 Å². The predicted molar refractivity (Wildman–Crippen MR) is 118 cm³/mol. The number of aliphatic hydroxyl groups excluding tert-OH is 1. The summed E-state index contributed by atoms with van der Waals surface area (Å²) >= 11 is 0. The molecule has 31 heavy (non-hydrogen) atoms. The van der Waals surface area contributed by atoms with Gasteiger partial charge in [0.25, 0.3) is 0 Å². The highest BCUT2D eigenvalue weighted by molar-refractivity contribution is 5.85. The summed E-state index contributed by atoms with van der Waals surface area (Å²) in [6.07, 6.45) is 1.04. The molecule has 0 spiro atoms. The second kappa shape index (κ2) is 8.36. The molecule has 0 saturated carbocycles. The van der Waals surface area contributed by atoms with Crippen LogP contribution >= 0.6 is 0 Å². The average molecular weight is 426 g/mol. The van der Waals surface area contributed by atoms with Crippen LogP contribution in [0.5, 0.6) is 0 Å². The van der Waals surface area contributed by atoms with E-state index in [1.165, 1.54) is 0 Å². The van der Waals surface area contributed by atoms with E-state index in [9.17, 15) is 14.3 Å². The van der Waals surface area contributed by atoms with Crippen LogP contribution in [0.1, 0.15) is 37.6 Å². The molecule has 0 aliphatic carbocycles. The lowest BCUT2D eigenvalue weighted by Crippen LogP contribution is -2.42. The van der Waals surface area contributed by atoms with Gasteiger partial charge in [0.05, 0.1) is 30.5 Å². The number of nitrogens with one attached hydrogen (secondary N) is 1. The van der Waals surface area contributed by atoms with Gasteiger partial charge in [-0.1, -0.05) is 6.07 Å². The molecule has 0 radical (unpaired) electrons. The molecule has 2 atom stereocenters. The van der Waals surface area contributed by atoms with Crippen molar-refractivity contribution in [3.63, 3.8) is 0 Å². The van der Waals surface area contributed by atoms with Crippen LogP contribution in [0.3, 0.4) is 0 Å². The predicted octanol–water partition coefficient (Wildman–Crippen LogP) is 3.36. The van der Waals surface area contributed by atoms with Crippen molar-refractivity contribution in [2.45, 2.75) is 52.3 Å². The van der Waals surface area contributed by atoms with E-state index in [2.05, 4.69) is 33.7 Å². The molecule has 1 aliphatic rings. The van der Waals surface area contributed by atoms with Crippen LogP contribution in [0.4, 0.5) is 10.3 Å². The van der Waals surface area contributed by atoms with Crippen molar-refractivity contribution < 1.29 is 14.2 Å². The zero-order valence-corrected chi connectivity index (χ0v) is 18.1. The van der Waals surface area contributed by atoms with E-state index in [-0.39, 0.29) is 35.8 Å². The molecule has 2 N–H and O–H groups in total. The number of benzene rings is 1. The summed E-state index contributed by atoms with van der Waals surface area (Å²) in [5.74, 6) is -0.316. The number of ether oxygens (including phenoxy) is 1. The van der Waals surface area contributed by atoms with E-state index in [1.807, 2.05) is 19.9 Å². The van der Waals surface area contributed by atoms with Crippen LogP contribution in [0.15, 0.2) is 29.2 Å². The van der Waals surface area contributed by atoms with E-state index in [1.54, 1.807) is 12.1 Å². The molecule has 7 nitrogen and oxygen atoms in total. The van der Waals surface area contributed by atoms with Gasteiger partial charge in [0.2, 0.25) is 5.95 Å². The quantitative estimate of drug-likeness (QED) is 0.665. The minimum atomic E-state index is -0.682. The Kier molecular flexibility index (Phi) is 5.77. The zero-order valence-electron chi connectivity index (χ0n) is 18.1. The normalized spacial score (nSPS) is 19.2. The smallest absolute Gasteiger partial charge is 0.223 e. The number of rotatable bonds is 4. The molecule has 3 heterocycles. The first kappa shape index (κ1) is 21.4. The Labute approximate surface area is 179 Å². The molecule has 1 saturated heterocycles. The molecular formula is C23H27FN4O3. The van der Waals surface area contributed by atoms with Crippen LogP contribution in [-0.4, -0.2) is 45.0 Å². The average Bonchev–Trinajstić information content (AvgIpc) is 2.74. The Morgan fingerprint density at radius 3 is 2.81 bits per heavy atom. The highest BCUT2D eigenvalue weighted by Crippen LogP contribution is 2.28. The minimum Gasteiger partial charge on any atom is -0.389 e. The lowest BCUT2D eigenvalue weighted by molar-refractivity contribution is -0.0136. The van der Waals surface area contributed by atoms with Crippen molar-refractivity contribution in [3.8, 4) is 11.3 Å². The van der Waals surface area contributed by atoms with Gasteiger partial charge in [-0.15, -0.1) is 0 Å². The highest BCUT2D eigenvalue weighted by atomic mass is 19.1. The number of hydrogen-bond donors (Lipinski definition) is 2. The van der Waals surface area contributed by atoms with Gasteiger partial charge in [-0.25, -0.2) is 14.4 Å².